The highest BCUT2D eigenvalue weighted by atomic mass is 32.2. The Hall–Kier alpha value is -6.14. The summed E-state index contributed by atoms with van der Waals surface area (Å²) in [7, 11) is 0. The van der Waals surface area contributed by atoms with Gasteiger partial charge < -0.3 is 19.3 Å². The summed E-state index contributed by atoms with van der Waals surface area (Å²) in [6, 6.07) is 30.1. The Morgan fingerprint density at radius 3 is 2.07 bits per heavy atom. The fourth-order valence-electron chi connectivity index (χ4n) is 6.07. The molecule has 12 heteroatoms. The van der Waals surface area contributed by atoms with E-state index in [2.05, 4.69) is 26.2 Å². The maximum Gasteiger partial charge on any atom is 0.331 e. The van der Waals surface area contributed by atoms with E-state index in [1.54, 1.807) is 42.6 Å². The zero-order chi connectivity index (χ0) is 38.2. The zero-order valence-corrected chi connectivity index (χ0v) is 31.1. The predicted molar refractivity (Wildman–Crippen MR) is 210 cm³/mol. The Balaban J connectivity index is 1.51. The largest absolute Gasteiger partial charge is 0.487 e. The molecule has 1 aliphatic rings. The van der Waals surface area contributed by atoms with Crippen molar-refractivity contribution in [3.05, 3.63) is 126 Å². The second-order valence-electron chi connectivity index (χ2n) is 12.6. The summed E-state index contributed by atoms with van der Waals surface area (Å²) in [5.41, 5.74) is 4.67. The number of oxime groups is 2. The molecule has 1 unspecified atom stereocenters. The van der Waals surface area contributed by atoms with E-state index in [9.17, 15) is 19.2 Å². The van der Waals surface area contributed by atoms with E-state index in [-0.39, 0.29) is 23.3 Å². The molecule has 0 radical (unpaired) electrons. The van der Waals surface area contributed by atoms with Gasteiger partial charge in [0, 0.05) is 64.8 Å². The molecule has 6 rings (SSSR count). The van der Waals surface area contributed by atoms with E-state index in [0.29, 0.717) is 28.3 Å². The number of carbonyl (C=O) groups excluding carboxylic acids is 4. The third kappa shape index (κ3) is 8.89. The first-order valence-electron chi connectivity index (χ1n) is 17.3. The van der Waals surface area contributed by atoms with Gasteiger partial charge in [0.05, 0.1) is 11.4 Å². The average molecular weight is 743 g/mol. The highest BCUT2D eigenvalue weighted by molar-refractivity contribution is 7.99. The molecule has 1 saturated heterocycles. The highest BCUT2D eigenvalue weighted by Gasteiger charge is 2.25. The first-order valence-corrected chi connectivity index (χ1v) is 18.4. The minimum atomic E-state index is -0.636. The second-order valence-corrected chi connectivity index (χ2v) is 13.9. The van der Waals surface area contributed by atoms with Crippen molar-refractivity contribution in [1.82, 2.24) is 4.98 Å². The monoisotopic (exact) mass is 742 g/mol. The Bertz CT molecular complexity index is 2270. The van der Waals surface area contributed by atoms with Crippen LogP contribution >= 0.6 is 11.8 Å². The molecule has 0 aliphatic carbocycles. The molecule has 0 spiro atoms. The van der Waals surface area contributed by atoms with E-state index >= 15 is 0 Å². The lowest BCUT2D eigenvalue weighted by Crippen LogP contribution is -2.16. The van der Waals surface area contributed by atoms with Crippen LogP contribution < -0.4 is 9.64 Å². The standard InChI is InChI=1S/C42H38N4O7S/c1-26(44-52-28(3)47)41(49)30-14-16-34(17-15-30)46(38-23-32(22-31-10-5-6-12-36(31)38)42(50)27(2)45-53-29(4)48)35-18-19-37(40-13-9-21-54-40)39(24-35)51-25-33-11-7-8-20-43-33/h5-8,10-12,14-20,22-24,40H,9,13,21,25H2,1-4H3/b44-26+,45-27+. The molecule has 1 aliphatic heterocycles. The van der Waals surface area contributed by atoms with Gasteiger partial charge in [-0.1, -0.05) is 46.7 Å². The molecular weight excluding hydrogens is 705 g/mol. The number of thioether (sulfide) groups is 1. The lowest BCUT2D eigenvalue weighted by molar-refractivity contribution is -0.141. The van der Waals surface area contributed by atoms with Gasteiger partial charge in [0.1, 0.15) is 23.8 Å². The third-order valence-corrected chi connectivity index (χ3v) is 10.1. The summed E-state index contributed by atoms with van der Waals surface area (Å²) in [5.74, 6) is -0.301. The summed E-state index contributed by atoms with van der Waals surface area (Å²) in [6.45, 7) is 5.66. The van der Waals surface area contributed by atoms with Crippen molar-refractivity contribution in [2.24, 2.45) is 10.3 Å². The number of ketones is 2. The number of pyridine rings is 1. The van der Waals surface area contributed by atoms with Crippen LogP contribution in [0.1, 0.15) is 77.8 Å². The molecule has 0 saturated carbocycles. The van der Waals surface area contributed by atoms with Gasteiger partial charge in [-0.3, -0.25) is 14.6 Å². The number of carbonyl (C=O) groups is 4. The van der Waals surface area contributed by atoms with E-state index in [1.807, 2.05) is 71.3 Å². The molecule has 0 bridgehead atoms. The Morgan fingerprint density at radius 1 is 0.759 bits per heavy atom. The minimum absolute atomic E-state index is 0.00950. The third-order valence-electron chi connectivity index (χ3n) is 8.64. The number of rotatable bonds is 13. The van der Waals surface area contributed by atoms with Gasteiger partial charge in [0.2, 0.25) is 11.6 Å². The number of benzene rings is 4. The van der Waals surface area contributed by atoms with Crippen molar-refractivity contribution in [3.8, 4) is 5.75 Å². The van der Waals surface area contributed by atoms with Crippen molar-refractivity contribution in [3.63, 3.8) is 0 Å². The lowest BCUT2D eigenvalue weighted by Gasteiger charge is -2.29. The minimum Gasteiger partial charge on any atom is -0.487 e. The van der Waals surface area contributed by atoms with Gasteiger partial charge in [-0.25, -0.2) is 9.59 Å². The van der Waals surface area contributed by atoms with E-state index < -0.39 is 23.5 Å². The topological polar surface area (TPSA) is 137 Å². The molecule has 1 atom stereocenters. The maximum absolute atomic E-state index is 13.7. The fraction of sp³-hybridized carbons (Fsp3) is 0.214. The molecule has 4 aromatic carbocycles. The van der Waals surface area contributed by atoms with Crippen LogP contribution in [-0.2, 0) is 25.9 Å². The molecule has 1 fully saturated rings. The average Bonchev–Trinajstić information content (AvgIpc) is 3.73. The van der Waals surface area contributed by atoms with E-state index in [0.717, 1.165) is 46.3 Å². The number of hydrogen-bond acceptors (Lipinski definition) is 12. The van der Waals surface area contributed by atoms with Crippen molar-refractivity contribution in [1.29, 1.82) is 0 Å². The van der Waals surface area contributed by atoms with Gasteiger partial charge in [0.25, 0.3) is 0 Å². The van der Waals surface area contributed by atoms with Crippen molar-refractivity contribution >= 4 is 74.5 Å². The molecular formula is C42H38N4O7S. The van der Waals surface area contributed by atoms with E-state index in [4.69, 9.17) is 9.57 Å². The van der Waals surface area contributed by atoms with Crippen LogP contribution in [0.2, 0.25) is 0 Å². The van der Waals surface area contributed by atoms with Crippen LogP contribution in [0, 0.1) is 0 Å². The molecule has 0 N–H and O–H groups in total. The highest BCUT2D eigenvalue weighted by Crippen LogP contribution is 2.47. The van der Waals surface area contributed by atoms with Gasteiger partial charge in [-0.2, -0.15) is 11.8 Å². The van der Waals surface area contributed by atoms with Crippen molar-refractivity contribution in [2.75, 3.05) is 10.7 Å². The van der Waals surface area contributed by atoms with Crippen LogP contribution in [0.15, 0.2) is 114 Å². The van der Waals surface area contributed by atoms with Crippen LogP contribution in [0.25, 0.3) is 10.8 Å². The SMILES string of the molecule is CC(=O)O/N=C(\C)C(=O)c1ccc(N(c2ccc(C3CCCS3)c(OCc3ccccn3)c2)c2cc(C(=O)/C(C)=N/OC(C)=O)cc3ccccc23)cc1. The molecule has 1 aromatic heterocycles. The summed E-state index contributed by atoms with van der Waals surface area (Å²) in [4.78, 5) is 65.6. The Kier molecular flexibility index (Phi) is 11.9. The smallest absolute Gasteiger partial charge is 0.331 e. The van der Waals surface area contributed by atoms with Gasteiger partial charge in [-0.15, -0.1) is 0 Å². The van der Waals surface area contributed by atoms with Crippen LogP contribution in [-0.4, -0.2) is 45.7 Å². The normalized spacial score (nSPS) is 14.4. The van der Waals surface area contributed by atoms with Gasteiger partial charge in [-0.05, 0) is 92.4 Å². The first-order chi connectivity index (χ1) is 26.1. The van der Waals surface area contributed by atoms with E-state index in [1.165, 1.54) is 27.7 Å². The van der Waals surface area contributed by atoms with Gasteiger partial charge >= 0.3 is 11.9 Å². The quantitative estimate of drug-likeness (QED) is 0.0497. The Labute approximate surface area is 317 Å². The molecule has 5 aromatic rings. The number of hydrogen-bond donors (Lipinski definition) is 0. The number of aromatic nitrogens is 1. The Morgan fingerprint density at radius 2 is 1.43 bits per heavy atom. The molecule has 2 heterocycles. The second kappa shape index (κ2) is 17.1. The number of ether oxygens (including phenoxy) is 1. The predicted octanol–water partition coefficient (Wildman–Crippen LogP) is 9.10. The first kappa shape index (κ1) is 37.6. The maximum atomic E-state index is 13.7. The lowest BCUT2D eigenvalue weighted by atomic mass is 9.98. The number of Topliss-reactive ketones (excluding diaryl/α,β-unsaturated/α-hetero) is 2. The number of fused-ring (bicyclic) bond motifs is 1. The molecule has 11 nitrogen and oxygen atoms in total. The van der Waals surface area contributed by atoms with Crippen molar-refractivity contribution in [2.45, 2.75) is 52.4 Å². The number of nitrogens with zero attached hydrogens (tertiary/aromatic N) is 4. The van der Waals surface area contributed by atoms with Crippen LogP contribution in [0.5, 0.6) is 5.75 Å². The fourth-order valence-corrected chi connectivity index (χ4v) is 7.40. The molecule has 0 amide bonds. The van der Waals surface area contributed by atoms with Gasteiger partial charge in [0.15, 0.2) is 0 Å². The van der Waals surface area contributed by atoms with Crippen molar-refractivity contribution < 1.29 is 33.6 Å². The summed E-state index contributed by atoms with van der Waals surface area (Å²) in [6.07, 6.45) is 3.89. The van der Waals surface area contributed by atoms with Crippen LogP contribution in [0.4, 0.5) is 17.1 Å². The summed E-state index contributed by atoms with van der Waals surface area (Å²) >= 11 is 1.91. The summed E-state index contributed by atoms with van der Waals surface area (Å²) < 4.78 is 6.53. The van der Waals surface area contributed by atoms with Crippen LogP contribution in [0.3, 0.4) is 0 Å². The molecule has 274 valence electrons. The molecule has 54 heavy (non-hydrogen) atoms. The number of anilines is 3. The summed E-state index contributed by atoms with van der Waals surface area (Å²) in [5, 5.41) is 9.32. The zero-order valence-electron chi connectivity index (χ0n) is 30.3.